The number of carbonyl (C=O) groups excluding carboxylic acids is 1. The second-order valence-corrected chi connectivity index (χ2v) is 4.61. The Kier molecular flexibility index (Phi) is 1.76. The van der Waals surface area contributed by atoms with Crippen molar-refractivity contribution >= 4 is 17.9 Å². The largest absolute Gasteiger partial charge is 0.289 e. The van der Waals surface area contributed by atoms with Gasteiger partial charge in [0.2, 0.25) is 0 Å². The number of rotatable bonds is 0. The molecule has 0 spiro atoms. The monoisotopic (exact) mass is 230 g/mol. The molecular weight excluding hydrogens is 220 g/mol. The molecule has 0 atom stereocenters. The van der Waals surface area contributed by atoms with Crippen molar-refractivity contribution in [2.75, 3.05) is 0 Å². The summed E-state index contributed by atoms with van der Waals surface area (Å²) in [7, 11) is 0. The third kappa shape index (κ3) is 1.13. The van der Waals surface area contributed by atoms with E-state index in [9.17, 15) is 4.79 Å². The van der Waals surface area contributed by atoms with Crippen LogP contribution in [0.4, 0.5) is 0 Å². The number of hydrogen-bond donors (Lipinski definition) is 0. The van der Waals surface area contributed by atoms with E-state index in [0.717, 1.165) is 16.3 Å². The van der Waals surface area contributed by atoms with Gasteiger partial charge in [0.25, 0.3) is 0 Å². The van der Waals surface area contributed by atoms with Crippen LogP contribution in [0.2, 0.25) is 0 Å². The molecule has 2 aromatic rings. The van der Waals surface area contributed by atoms with Crippen LogP contribution in [0.5, 0.6) is 0 Å². The van der Waals surface area contributed by atoms with Crippen LogP contribution in [0.1, 0.15) is 15.9 Å². The minimum absolute atomic E-state index is 0.105. The maximum absolute atomic E-state index is 12.1. The Morgan fingerprint density at radius 1 is 0.833 bits per heavy atom. The molecule has 0 radical (unpaired) electrons. The molecule has 0 N–H and O–H groups in total. The number of carbonyl (C=O) groups is 1. The van der Waals surface area contributed by atoms with Crippen molar-refractivity contribution in [1.29, 1.82) is 0 Å². The van der Waals surface area contributed by atoms with E-state index in [1.807, 2.05) is 30.4 Å². The lowest BCUT2D eigenvalue weighted by atomic mass is 9.96. The quantitative estimate of drug-likeness (QED) is 0.574. The molecule has 2 aliphatic rings. The molecular formula is C17H10O. The molecule has 0 aliphatic heterocycles. The molecule has 1 heteroatoms. The topological polar surface area (TPSA) is 17.1 Å². The van der Waals surface area contributed by atoms with Crippen molar-refractivity contribution in [2.45, 2.75) is 0 Å². The molecule has 1 nitrogen and oxygen atoms in total. The molecule has 0 saturated carbocycles. The predicted molar refractivity (Wildman–Crippen MR) is 71.3 cm³/mol. The molecule has 2 aromatic carbocycles. The molecule has 0 amide bonds. The smallest absolute Gasteiger partial charge is 0.187 e. The van der Waals surface area contributed by atoms with E-state index in [1.165, 1.54) is 15.7 Å². The predicted octanol–water partition coefficient (Wildman–Crippen LogP) is 1.65. The van der Waals surface area contributed by atoms with Crippen LogP contribution in [0.25, 0.3) is 12.2 Å². The summed E-state index contributed by atoms with van der Waals surface area (Å²) in [6, 6.07) is 12.4. The molecule has 84 valence electrons. The fourth-order valence-corrected chi connectivity index (χ4v) is 2.78. The van der Waals surface area contributed by atoms with Gasteiger partial charge < -0.3 is 0 Å². The van der Waals surface area contributed by atoms with Gasteiger partial charge in [-0.05, 0) is 38.6 Å². The lowest BCUT2D eigenvalue weighted by molar-refractivity contribution is 0.104. The Bertz CT molecular complexity index is 931. The summed E-state index contributed by atoms with van der Waals surface area (Å²) in [5, 5.41) is 4.60. The van der Waals surface area contributed by atoms with Crippen molar-refractivity contribution in [2.24, 2.45) is 0 Å². The van der Waals surface area contributed by atoms with Crippen molar-refractivity contribution in [3.05, 3.63) is 80.6 Å². The Hall–Kier alpha value is -2.41. The van der Waals surface area contributed by atoms with Crippen molar-refractivity contribution < 1.29 is 4.79 Å². The zero-order chi connectivity index (χ0) is 12.1. The van der Waals surface area contributed by atoms with Crippen LogP contribution in [-0.4, -0.2) is 5.78 Å². The average Bonchev–Trinajstić information content (AvgIpc) is 2.77. The standard InChI is InChI=1S/C17H10O/c18-16-7-3-5-11-8-9-14-13-6-2-1-4-12(13)10-15(14)17(11)16/h1-10H. The van der Waals surface area contributed by atoms with Gasteiger partial charge in [0, 0.05) is 5.56 Å². The third-order valence-electron chi connectivity index (χ3n) is 3.60. The molecule has 0 aromatic heterocycles. The van der Waals surface area contributed by atoms with E-state index in [2.05, 4.69) is 24.3 Å². The molecule has 0 saturated heterocycles. The van der Waals surface area contributed by atoms with Crippen molar-refractivity contribution in [1.82, 2.24) is 0 Å². The summed E-state index contributed by atoms with van der Waals surface area (Å²) in [4.78, 5) is 12.1. The fourth-order valence-electron chi connectivity index (χ4n) is 2.78. The molecule has 0 heterocycles. The van der Waals surface area contributed by atoms with E-state index < -0.39 is 0 Å². The normalized spacial score (nSPS) is 14.3. The zero-order valence-corrected chi connectivity index (χ0v) is 9.68. The maximum atomic E-state index is 12.1. The van der Waals surface area contributed by atoms with Gasteiger partial charge in [-0.2, -0.15) is 0 Å². The molecule has 0 bridgehead atoms. The molecule has 4 rings (SSSR count). The summed E-state index contributed by atoms with van der Waals surface area (Å²) in [6.45, 7) is 0. The Balaban J connectivity index is 2.29. The minimum Gasteiger partial charge on any atom is -0.289 e. The molecule has 2 aliphatic carbocycles. The van der Waals surface area contributed by atoms with Crippen LogP contribution >= 0.6 is 0 Å². The molecule has 18 heavy (non-hydrogen) atoms. The fraction of sp³-hybridized carbons (Fsp3) is 0. The van der Waals surface area contributed by atoms with Gasteiger partial charge in [-0.25, -0.2) is 0 Å². The van der Waals surface area contributed by atoms with Crippen LogP contribution in [0.3, 0.4) is 0 Å². The average molecular weight is 230 g/mol. The highest BCUT2D eigenvalue weighted by atomic mass is 16.1. The highest BCUT2D eigenvalue weighted by Crippen LogP contribution is 2.15. The van der Waals surface area contributed by atoms with E-state index in [0.29, 0.717) is 0 Å². The summed E-state index contributed by atoms with van der Waals surface area (Å²) in [5.41, 5.74) is 1.91. The van der Waals surface area contributed by atoms with Gasteiger partial charge in [-0.3, -0.25) is 4.79 Å². The van der Waals surface area contributed by atoms with Gasteiger partial charge >= 0.3 is 0 Å². The van der Waals surface area contributed by atoms with Crippen molar-refractivity contribution in [3.8, 4) is 0 Å². The SMILES string of the molecule is O=C1C=CC=c2ccc3c(c21)C=c1ccccc1=3. The number of benzene rings is 2. The Morgan fingerprint density at radius 3 is 2.67 bits per heavy atom. The van der Waals surface area contributed by atoms with Crippen LogP contribution < -0.4 is 10.4 Å². The molecule has 0 fully saturated rings. The first-order valence-corrected chi connectivity index (χ1v) is 6.01. The third-order valence-corrected chi connectivity index (χ3v) is 3.60. The second kappa shape index (κ2) is 3.30. The Labute approximate surface area is 104 Å². The number of hydrogen-bond acceptors (Lipinski definition) is 1. The first-order chi connectivity index (χ1) is 8.84. The summed E-state index contributed by atoms with van der Waals surface area (Å²) in [5.74, 6) is 0.105. The van der Waals surface area contributed by atoms with Crippen molar-refractivity contribution in [3.63, 3.8) is 0 Å². The first-order valence-electron chi connectivity index (χ1n) is 6.01. The zero-order valence-electron chi connectivity index (χ0n) is 9.68. The highest BCUT2D eigenvalue weighted by Gasteiger charge is 2.15. The lowest BCUT2D eigenvalue weighted by Gasteiger charge is -2.06. The number of allylic oxidation sites excluding steroid dienone is 2. The van der Waals surface area contributed by atoms with E-state index in [1.54, 1.807) is 6.08 Å². The number of fused-ring (bicyclic) bond motifs is 4. The maximum Gasteiger partial charge on any atom is 0.187 e. The summed E-state index contributed by atoms with van der Waals surface area (Å²) in [6.07, 6.45) is 7.57. The van der Waals surface area contributed by atoms with Crippen LogP contribution in [0.15, 0.2) is 48.6 Å². The van der Waals surface area contributed by atoms with E-state index >= 15 is 0 Å². The first kappa shape index (κ1) is 9.60. The number of ketones is 1. The van der Waals surface area contributed by atoms with Gasteiger partial charge in [0.05, 0.1) is 0 Å². The summed E-state index contributed by atoms with van der Waals surface area (Å²) < 4.78 is 0. The summed E-state index contributed by atoms with van der Waals surface area (Å²) >= 11 is 0. The second-order valence-electron chi connectivity index (χ2n) is 4.61. The van der Waals surface area contributed by atoms with Gasteiger partial charge in [-0.1, -0.05) is 48.6 Å². The highest BCUT2D eigenvalue weighted by molar-refractivity contribution is 6.09. The lowest BCUT2D eigenvalue weighted by Crippen LogP contribution is -2.18. The van der Waals surface area contributed by atoms with E-state index in [-0.39, 0.29) is 5.78 Å². The van der Waals surface area contributed by atoms with Gasteiger partial charge in [-0.15, -0.1) is 0 Å². The van der Waals surface area contributed by atoms with Gasteiger partial charge in [0.1, 0.15) is 0 Å². The van der Waals surface area contributed by atoms with Crippen LogP contribution in [-0.2, 0) is 0 Å². The van der Waals surface area contributed by atoms with Crippen LogP contribution in [0, 0.1) is 10.4 Å². The van der Waals surface area contributed by atoms with Gasteiger partial charge in [0.15, 0.2) is 5.78 Å². The van der Waals surface area contributed by atoms with E-state index in [4.69, 9.17) is 0 Å². The Morgan fingerprint density at radius 2 is 1.72 bits per heavy atom. The minimum atomic E-state index is 0.105. The molecule has 0 unspecified atom stereocenters.